The van der Waals surface area contributed by atoms with Crippen molar-refractivity contribution in [3.8, 4) is 16.9 Å². The van der Waals surface area contributed by atoms with Crippen LogP contribution in [0.5, 0.6) is 5.75 Å². The molecule has 0 aromatic heterocycles. The summed E-state index contributed by atoms with van der Waals surface area (Å²) in [5.41, 5.74) is 8.96. The number of ether oxygens (including phenoxy) is 1. The lowest BCUT2D eigenvalue weighted by Gasteiger charge is -2.13. The van der Waals surface area contributed by atoms with Crippen LogP contribution in [0, 0.1) is 0 Å². The number of nitrogens with two attached hydrogens (primary N) is 1. The molecule has 2 rings (SSSR count). The first-order valence-electron chi connectivity index (χ1n) is 6.30. The molecule has 0 radical (unpaired) electrons. The Hall–Kier alpha value is -2.33. The SMILES string of the molecule is COc1ccc(C(C)N)cc1-c1ccc(C(=O)O)cc1. The maximum atomic E-state index is 10.9. The lowest BCUT2D eigenvalue weighted by atomic mass is 9.98. The zero-order chi connectivity index (χ0) is 14.7. The monoisotopic (exact) mass is 271 g/mol. The number of aromatic carboxylic acids is 1. The molecular formula is C16H17NO3. The highest BCUT2D eigenvalue weighted by atomic mass is 16.5. The van der Waals surface area contributed by atoms with Crippen LogP contribution in [0.1, 0.15) is 28.9 Å². The summed E-state index contributed by atoms with van der Waals surface area (Å²) < 4.78 is 5.36. The molecular weight excluding hydrogens is 254 g/mol. The highest BCUT2D eigenvalue weighted by Gasteiger charge is 2.10. The third-order valence-electron chi connectivity index (χ3n) is 3.19. The number of carbonyl (C=O) groups is 1. The first kappa shape index (κ1) is 14.1. The average molecular weight is 271 g/mol. The van der Waals surface area contributed by atoms with Crippen LogP contribution in [0.25, 0.3) is 11.1 Å². The van der Waals surface area contributed by atoms with E-state index in [-0.39, 0.29) is 11.6 Å². The second kappa shape index (κ2) is 5.75. The molecule has 0 fully saturated rings. The molecule has 104 valence electrons. The number of methoxy groups -OCH3 is 1. The molecule has 0 heterocycles. The molecule has 2 aromatic rings. The highest BCUT2D eigenvalue weighted by molar-refractivity contribution is 5.88. The van der Waals surface area contributed by atoms with E-state index in [1.807, 2.05) is 25.1 Å². The molecule has 0 saturated heterocycles. The van der Waals surface area contributed by atoms with Gasteiger partial charge in [0.25, 0.3) is 0 Å². The van der Waals surface area contributed by atoms with Gasteiger partial charge in [-0.05, 0) is 42.3 Å². The summed E-state index contributed by atoms with van der Waals surface area (Å²) in [6, 6.07) is 12.4. The van der Waals surface area contributed by atoms with Crippen molar-refractivity contribution < 1.29 is 14.6 Å². The van der Waals surface area contributed by atoms with E-state index in [0.717, 1.165) is 22.4 Å². The van der Waals surface area contributed by atoms with Crippen LogP contribution >= 0.6 is 0 Å². The average Bonchev–Trinajstić information content (AvgIpc) is 2.46. The fraction of sp³-hybridized carbons (Fsp3) is 0.188. The maximum absolute atomic E-state index is 10.9. The number of carboxylic acids is 1. The number of benzene rings is 2. The van der Waals surface area contributed by atoms with Gasteiger partial charge >= 0.3 is 5.97 Å². The van der Waals surface area contributed by atoms with Crippen molar-refractivity contribution >= 4 is 5.97 Å². The Labute approximate surface area is 117 Å². The lowest BCUT2D eigenvalue weighted by Crippen LogP contribution is -2.05. The van der Waals surface area contributed by atoms with Crippen molar-refractivity contribution in [2.75, 3.05) is 7.11 Å². The molecule has 0 aliphatic carbocycles. The van der Waals surface area contributed by atoms with Crippen LogP contribution in [-0.4, -0.2) is 18.2 Å². The van der Waals surface area contributed by atoms with Crippen molar-refractivity contribution in [3.05, 3.63) is 53.6 Å². The van der Waals surface area contributed by atoms with E-state index in [1.165, 1.54) is 0 Å². The zero-order valence-corrected chi connectivity index (χ0v) is 11.5. The Balaban J connectivity index is 2.49. The molecule has 4 nitrogen and oxygen atoms in total. The molecule has 0 amide bonds. The van der Waals surface area contributed by atoms with Crippen molar-refractivity contribution in [1.82, 2.24) is 0 Å². The Morgan fingerprint density at radius 2 is 1.85 bits per heavy atom. The Morgan fingerprint density at radius 3 is 2.35 bits per heavy atom. The van der Waals surface area contributed by atoms with E-state index in [2.05, 4.69) is 0 Å². The van der Waals surface area contributed by atoms with Gasteiger partial charge in [-0.15, -0.1) is 0 Å². The van der Waals surface area contributed by atoms with Gasteiger partial charge in [-0.1, -0.05) is 18.2 Å². The van der Waals surface area contributed by atoms with Crippen LogP contribution in [0.15, 0.2) is 42.5 Å². The molecule has 0 saturated carbocycles. The van der Waals surface area contributed by atoms with E-state index in [9.17, 15) is 4.79 Å². The van der Waals surface area contributed by atoms with Crippen LogP contribution in [0.2, 0.25) is 0 Å². The standard InChI is InChI=1S/C16H17NO3/c1-10(17)13-7-8-15(20-2)14(9-13)11-3-5-12(6-4-11)16(18)19/h3-10H,17H2,1-2H3,(H,18,19). The predicted molar refractivity (Wildman–Crippen MR) is 78.0 cm³/mol. The normalized spacial score (nSPS) is 11.9. The van der Waals surface area contributed by atoms with Crippen LogP contribution < -0.4 is 10.5 Å². The summed E-state index contributed by atoms with van der Waals surface area (Å²) in [5, 5.41) is 8.92. The van der Waals surface area contributed by atoms with E-state index >= 15 is 0 Å². The van der Waals surface area contributed by atoms with E-state index < -0.39 is 5.97 Å². The summed E-state index contributed by atoms with van der Waals surface area (Å²) >= 11 is 0. The molecule has 0 aliphatic heterocycles. The van der Waals surface area contributed by atoms with Gasteiger partial charge in [0.05, 0.1) is 12.7 Å². The predicted octanol–water partition coefficient (Wildman–Crippen LogP) is 3.08. The number of carboxylic acid groups (broad SMARTS) is 1. The second-order valence-electron chi connectivity index (χ2n) is 4.63. The molecule has 1 atom stereocenters. The van der Waals surface area contributed by atoms with Crippen LogP contribution in [0.4, 0.5) is 0 Å². The summed E-state index contributed by atoms with van der Waals surface area (Å²) in [5.74, 6) is -0.203. The fourth-order valence-electron chi connectivity index (χ4n) is 2.03. The highest BCUT2D eigenvalue weighted by Crippen LogP contribution is 2.32. The number of rotatable bonds is 4. The summed E-state index contributed by atoms with van der Waals surface area (Å²) in [6.45, 7) is 1.92. The summed E-state index contributed by atoms with van der Waals surface area (Å²) in [6.07, 6.45) is 0. The smallest absolute Gasteiger partial charge is 0.335 e. The van der Waals surface area contributed by atoms with Crippen molar-refractivity contribution in [2.24, 2.45) is 5.73 Å². The molecule has 20 heavy (non-hydrogen) atoms. The lowest BCUT2D eigenvalue weighted by molar-refractivity contribution is 0.0697. The van der Waals surface area contributed by atoms with Gasteiger partial charge in [0.1, 0.15) is 5.75 Å². The molecule has 4 heteroatoms. The minimum absolute atomic E-state index is 0.0713. The van der Waals surface area contributed by atoms with Crippen molar-refractivity contribution in [2.45, 2.75) is 13.0 Å². The second-order valence-corrected chi connectivity index (χ2v) is 4.63. The third kappa shape index (κ3) is 2.81. The van der Waals surface area contributed by atoms with Crippen LogP contribution in [-0.2, 0) is 0 Å². The third-order valence-corrected chi connectivity index (χ3v) is 3.19. The van der Waals surface area contributed by atoms with Gasteiger partial charge in [0, 0.05) is 11.6 Å². The maximum Gasteiger partial charge on any atom is 0.335 e. The van der Waals surface area contributed by atoms with E-state index in [1.54, 1.807) is 31.4 Å². The van der Waals surface area contributed by atoms with E-state index in [0.29, 0.717) is 0 Å². The van der Waals surface area contributed by atoms with Gasteiger partial charge in [-0.2, -0.15) is 0 Å². The van der Waals surface area contributed by atoms with Crippen molar-refractivity contribution in [1.29, 1.82) is 0 Å². The first-order valence-corrected chi connectivity index (χ1v) is 6.30. The Kier molecular flexibility index (Phi) is 4.05. The molecule has 2 aromatic carbocycles. The van der Waals surface area contributed by atoms with Gasteiger partial charge in [0.2, 0.25) is 0 Å². The van der Waals surface area contributed by atoms with E-state index in [4.69, 9.17) is 15.6 Å². The zero-order valence-electron chi connectivity index (χ0n) is 11.5. The fourth-order valence-corrected chi connectivity index (χ4v) is 2.03. The van der Waals surface area contributed by atoms with Gasteiger partial charge in [-0.3, -0.25) is 0 Å². The molecule has 1 unspecified atom stereocenters. The van der Waals surface area contributed by atoms with Gasteiger partial charge in [-0.25, -0.2) is 4.79 Å². The molecule has 0 aliphatic rings. The van der Waals surface area contributed by atoms with Gasteiger partial charge < -0.3 is 15.6 Å². The minimum atomic E-state index is -0.937. The summed E-state index contributed by atoms with van der Waals surface area (Å²) in [4.78, 5) is 10.9. The van der Waals surface area contributed by atoms with Gasteiger partial charge in [0.15, 0.2) is 0 Å². The minimum Gasteiger partial charge on any atom is -0.496 e. The largest absolute Gasteiger partial charge is 0.496 e. The number of hydrogen-bond acceptors (Lipinski definition) is 3. The number of hydrogen-bond donors (Lipinski definition) is 2. The quantitative estimate of drug-likeness (QED) is 0.896. The summed E-state index contributed by atoms with van der Waals surface area (Å²) in [7, 11) is 1.61. The van der Waals surface area contributed by atoms with Crippen LogP contribution in [0.3, 0.4) is 0 Å². The topological polar surface area (TPSA) is 72.5 Å². The first-order chi connectivity index (χ1) is 9.52. The van der Waals surface area contributed by atoms with Crippen molar-refractivity contribution in [3.63, 3.8) is 0 Å². The molecule has 0 spiro atoms. The Morgan fingerprint density at radius 1 is 1.20 bits per heavy atom. The molecule has 3 N–H and O–H groups in total. The Bertz CT molecular complexity index is 618. The molecule has 0 bridgehead atoms.